The number of nitrogens with zero attached hydrogens (tertiary/aromatic N) is 2. The van der Waals surface area contributed by atoms with Crippen LogP contribution in [0.4, 0.5) is 5.69 Å². The summed E-state index contributed by atoms with van der Waals surface area (Å²) in [6, 6.07) is 9.84. The molecule has 0 spiro atoms. The van der Waals surface area contributed by atoms with E-state index in [-0.39, 0.29) is 17.3 Å². The summed E-state index contributed by atoms with van der Waals surface area (Å²) in [7, 11) is 0. The fourth-order valence-electron chi connectivity index (χ4n) is 2.79. The first-order chi connectivity index (χ1) is 13.9. The number of hydrogen-bond acceptors (Lipinski definition) is 7. The standard InChI is InChI=1S/C21H20N2O6/c1-4-27-18-9-7-14(11-19(18)28-5-2)10-16-21(24)29-20(22-16)15-8-6-13(3)17(12-15)23(25)26/h6-12H,4-5H2,1-3H3/b16-10-. The van der Waals surface area contributed by atoms with Crippen LogP contribution in [0.25, 0.3) is 6.08 Å². The lowest BCUT2D eigenvalue weighted by atomic mass is 10.1. The lowest BCUT2D eigenvalue weighted by molar-refractivity contribution is -0.385. The highest BCUT2D eigenvalue weighted by Gasteiger charge is 2.26. The Balaban J connectivity index is 1.94. The van der Waals surface area contributed by atoms with Crippen molar-refractivity contribution in [2.75, 3.05) is 13.2 Å². The van der Waals surface area contributed by atoms with E-state index < -0.39 is 10.9 Å². The summed E-state index contributed by atoms with van der Waals surface area (Å²) in [6.45, 7) is 6.36. The van der Waals surface area contributed by atoms with Crippen molar-refractivity contribution < 1.29 is 23.9 Å². The second-order valence-corrected chi connectivity index (χ2v) is 6.17. The molecule has 2 aromatic carbocycles. The maximum absolute atomic E-state index is 12.2. The van der Waals surface area contributed by atoms with Gasteiger partial charge in [0.05, 0.1) is 18.1 Å². The predicted molar refractivity (Wildman–Crippen MR) is 107 cm³/mol. The number of cyclic esters (lactones) is 1. The van der Waals surface area contributed by atoms with E-state index in [4.69, 9.17) is 14.2 Å². The Morgan fingerprint density at radius 2 is 1.83 bits per heavy atom. The molecule has 0 aromatic heterocycles. The zero-order chi connectivity index (χ0) is 21.0. The topological polar surface area (TPSA) is 100 Å². The molecule has 150 valence electrons. The Hall–Kier alpha value is -3.68. The second kappa shape index (κ2) is 8.55. The van der Waals surface area contributed by atoms with E-state index >= 15 is 0 Å². The minimum atomic E-state index is -0.630. The highest BCUT2D eigenvalue weighted by molar-refractivity contribution is 6.13. The number of hydrogen-bond donors (Lipinski definition) is 0. The van der Waals surface area contributed by atoms with Gasteiger partial charge in [0.25, 0.3) is 5.69 Å². The summed E-state index contributed by atoms with van der Waals surface area (Å²) in [5.74, 6) is 0.575. The molecule has 8 nitrogen and oxygen atoms in total. The molecule has 0 saturated heterocycles. The van der Waals surface area contributed by atoms with Crippen LogP contribution >= 0.6 is 0 Å². The number of aryl methyl sites for hydroxylation is 1. The summed E-state index contributed by atoms with van der Waals surface area (Å²) >= 11 is 0. The molecule has 0 amide bonds. The highest BCUT2D eigenvalue weighted by atomic mass is 16.6. The number of esters is 1. The number of nitro groups is 1. The summed E-state index contributed by atoms with van der Waals surface area (Å²) in [4.78, 5) is 27.1. The minimum Gasteiger partial charge on any atom is -0.490 e. The molecule has 1 aliphatic heterocycles. The summed E-state index contributed by atoms with van der Waals surface area (Å²) < 4.78 is 16.3. The largest absolute Gasteiger partial charge is 0.490 e. The molecule has 0 radical (unpaired) electrons. The Morgan fingerprint density at radius 1 is 1.10 bits per heavy atom. The van der Waals surface area contributed by atoms with E-state index in [9.17, 15) is 14.9 Å². The van der Waals surface area contributed by atoms with Crippen LogP contribution in [-0.2, 0) is 9.53 Å². The average Bonchev–Trinajstić information content (AvgIpc) is 3.04. The second-order valence-electron chi connectivity index (χ2n) is 6.17. The summed E-state index contributed by atoms with van der Waals surface area (Å²) in [6.07, 6.45) is 1.57. The van der Waals surface area contributed by atoms with E-state index in [1.165, 1.54) is 6.07 Å². The van der Waals surface area contributed by atoms with Gasteiger partial charge < -0.3 is 14.2 Å². The van der Waals surface area contributed by atoms with Crippen LogP contribution in [0.1, 0.15) is 30.5 Å². The van der Waals surface area contributed by atoms with Crippen molar-refractivity contribution in [2.24, 2.45) is 4.99 Å². The normalized spacial score (nSPS) is 14.5. The van der Waals surface area contributed by atoms with E-state index in [1.54, 1.807) is 43.3 Å². The molecule has 2 aromatic rings. The Labute approximate surface area is 167 Å². The SMILES string of the molecule is CCOc1ccc(/C=C2\N=C(c3ccc(C)c([N+](=O)[O-])c3)OC2=O)cc1OCC. The molecule has 3 rings (SSSR count). The van der Waals surface area contributed by atoms with Gasteiger partial charge in [-0.25, -0.2) is 9.79 Å². The van der Waals surface area contributed by atoms with E-state index in [1.807, 2.05) is 13.8 Å². The van der Waals surface area contributed by atoms with Crippen LogP contribution < -0.4 is 9.47 Å². The smallest absolute Gasteiger partial charge is 0.363 e. The molecule has 29 heavy (non-hydrogen) atoms. The van der Waals surface area contributed by atoms with Gasteiger partial charge in [-0.2, -0.15) is 0 Å². The maximum atomic E-state index is 12.2. The monoisotopic (exact) mass is 396 g/mol. The molecule has 0 unspecified atom stereocenters. The van der Waals surface area contributed by atoms with Crippen LogP contribution in [0, 0.1) is 17.0 Å². The zero-order valence-corrected chi connectivity index (χ0v) is 16.3. The number of carbonyl (C=O) groups is 1. The predicted octanol–water partition coefficient (Wildman–Crippen LogP) is 4.05. The van der Waals surface area contributed by atoms with Crippen LogP contribution in [-0.4, -0.2) is 30.0 Å². The molecule has 0 N–H and O–H groups in total. The Bertz CT molecular complexity index is 1030. The number of benzene rings is 2. The van der Waals surface area contributed by atoms with E-state index in [0.29, 0.717) is 41.4 Å². The van der Waals surface area contributed by atoms with Gasteiger partial charge in [0.15, 0.2) is 17.2 Å². The number of ether oxygens (including phenoxy) is 3. The number of carbonyl (C=O) groups excluding carboxylic acids is 1. The summed E-state index contributed by atoms with van der Waals surface area (Å²) in [5, 5.41) is 11.1. The quantitative estimate of drug-likeness (QED) is 0.303. The van der Waals surface area contributed by atoms with Crippen LogP contribution in [0.3, 0.4) is 0 Å². The summed E-state index contributed by atoms with van der Waals surface area (Å²) in [5.41, 5.74) is 1.59. The molecule has 0 atom stereocenters. The number of nitro benzene ring substituents is 1. The molecule has 1 heterocycles. The first-order valence-corrected chi connectivity index (χ1v) is 9.10. The maximum Gasteiger partial charge on any atom is 0.363 e. The minimum absolute atomic E-state index is 0.0281. The van der Waals surface area contributed by atoms with Crippen molar-refractivity contribution >= 4 is 23.6 Å². The first kappa shape index (κ1) is 20.1. The van der Waals surface area contributed by atoms with Gasteiger partial charge in [-0.05, 0) is 50.6 Å². The fourth-order valence-corrected chi connectivity index (χ4v) is 2.79. The van der Waals surface area contributed by atoms with Gasteiger partial charge in [0, 0.05) is 17.2 Å². The Kier molecular flexibility index (Phi) is 5.92. The third-order valence-electron chi connectivity index (χ3n) is 4.14. The lowest BCUT2D eigenvalue weighted by Gasteiger charge is -2.11. The first-order valence-electron chi connectivity index (χ1n) is 9.10. The number of rotatable bonds is 7. The van der Waals surface area contributed by atoms with Gasteiger partial charge in [-0.1, -0.05) is 12.1 Å². The highest BCUT2D eigenvalue weighted by Crippen LogP contribution is 2.30. The van der Waals surface area contributed by atoms with Gasteiger partial charge >= 0.3 is 5.97 Å². The molecule has 8 heteroatoms. The number of aliphatic imine (C=N–C) groups is 1. The van der Waals surface area contributed by atoms with Crippen molar-refractivity contribution in [3.05, 3.63) is 68.9 Å². The third-order valence-corrected chi connectivity index (χ3v) is 4.14. The van der Waals surface area contributed by atoms with Gasteiger partial charge in [0.2, 0.25) is 5.90 Å². The van der Waals surface area contributed by atoms with Crippen LogP contribution in [0.15, 0.2) is 47.1 Å². The van der Waals surface area contributed by atoms with E-state index in [0.717, 1.165) is 0 Å². The zero-order valence-electron chi connectivity index (χ0n) is 16.3. The van der Waals surface area contributed by atoms with Crippen molar-refractivity contribution in [1.82, 2.24) is 0 Å². The van der Waals surface area contributed by atoms with Crippen molar-refractivity contribution in [3.63, 3.8) is 0 Å². The molecule has 1 aliphatic rings. The van der Waals surface area contributed by atoms with Crippen molar-refractivity contribution in [2.45, 2.75) is 20.8 Å². The van der Waals surface area contributed by atoms with E-state index in [2.05, 4.69) is 4.99 Å². The molecule has 0 bridgehead atoms. The molecular weight excluding hydrogens is 376 g/mol. The average molecular weight is 396 g/mol. The van der Waals surface area contributed by atoms with Gasteiger partial charge in [-0.3, -0.25) is 10.1 Å². The lowest BCUT2D eigenvalue weighted by Crippen LogP contribution is -2.06. The van der Waals surface area contributed by atoms with Crippen LogP contribution in [0.2, 0.25) is 0 Å². The Morgan fingerprint density at radius 3 is 2.52 bits per heavy atom. The van der Waals surface area contributed by atoms with Gasteiger partial charge in [0.1, 0.15) is 0 Å². The molecule has 0 saturated carbocycles. The fraction of sp³-hybridized carbons (Fsp3) is 0.238. The van der Waals surface area contributed by atoms with Crippen molar-refractivity contribution in [3.8, 4) is 11.5 Å². The molecule has 0 aliphatic carbocycles. The van der Waals surface area contributed by atoms with Crippen molar-refractivity contribution in [1.29, 1.82) is 0 Å². The molecule has 0 fully saturated rings. The van der Waals surface area contributed by atoms with Gasteiger partial charge in [-0.15, -0.1) is 0 Å². The molecular formula is C21H20N2O6. The third kappa shape index (κ3) is 4.43. The van der Waals surface area contributed by atoms with Crippen LogP contribution in [0.5, 0.6) is 11.5 Å².